The molecule has 8 heteroatoms. The van der Waals surface area contributed by atoms with Crippen molar-refractivity contribution in [3.63, 3.8) is 0 Å². The highest BCUT2D eigenvalue weighted by Gasteiger charge is 2.17. The molecule has 0 spiro atoms. The molecule has 26 heavy (non-hydrogen) atoms. The van der Waals surface area contributed by atoms with Crippen molar-refractivity contribution < 1.29 is 0 Å². The zero-order valence-corrected chi connectivity index (χ0v) is 17.2. The third kappa shape index (κ3) is 3.89. The molecule has 0 bridgehead atoms. The lowest BCUT2D eigenvalue weighted by atomic mass is 10.0. The molecular weight excluding hydrogens is 457 g/mol. The van der Waals surface area contributed by atoms with Gasteiger partial charge in [-0.2, -0.15) is 5.26 Å². The predicted octanol–water partition coefficient (Wildman–Crippen LogP) is 8.21. The number of hydrogen-bond donors (Lipinski definition) is 0. The Balaban J connectivity index is 2.30. The Kier molecular flexibility index (Phi) is 5.89. The topological polar surface area (TPSA) is 36.7 Å². The standard InChI is InChI=1S/C18H6Cl6N2/c19-9-3-11(21)17(12(22)4-9)15-1-8(7-25)2-16(26-15)18-13(23)5-10(20)6-14(18)24/h1-6H. The van der Waals surface area contributed by atoms with Crippen LogP contribution in [0.4, 0.5) is 0 Å². The molecule has 3 aromatic rings. The molecule has 0 aliphatic heterocycles. The van der Waals surface area contributed by atoms with E-state index in [4.69, 9.17) is 69.6 Å². The summed E-state index contributed by atoms with van der Waals surface area (Å²) in [4.78, 5) is 4.55. The van der Waals surface area contributed by atoms with Crippen LogP contribution >= 0.6 is 69.6 Å². The normalized spacial score (nSPS) is 10.7. The number of nitrogens with zero attached hydrogens (tertiary/aromatic N) is 2. The van der Waals surface area contributed by atoms with Crippen molar-refractivity contribution >= 4 is 69.6 Å². The number of nitriles is 1. The van der Waals surface area contributed by atoms with Gasteiger partial charge in [0.15, 0.2) is 0 Å². The molecule has 1 heterocycles. The van der Waals surface area contributed by atoms with Crippen molar-refractivity contribution in [2.75, 3.05) is 0 Å². The molecule has 0 N–H and O–H groups in total. The Bertz CT molecular complexity index is 950. The van der Waals surface area contributed by atoms with Gasteiger partial charge in [0, 0.05) is 21.2 Å². The fraction of sp³-hybridized carbons (Fsp3) is 0. The van der Waals surface area contributed by atoms with Crippen molar-refractivity contribution in [3.05, 3.63) is 72.1 Å². The van der Waals surface area contributed by atoms with E-state index in [-0.39, 0.29) is 0 Å². The molecule has 0 saturated heterocycles. The van der Waals surface area contributed by atoms with Gasteiger partial charge in [-0.05, 0) is 36.4 Å². The molecule has 0 radical (unpaired) electrons. The van der Waals surface area contributed by atoms with Gasteiger partial charge in [-0.25, -0.2) is 4.98 Å². The number of aromatic nitrogens is 1. The third-order valence-electron chi connectivity index (χ3n) is 3.48. The van der Waals surface area contributed by atoms with Gasteiger partial charge in [0.1, 0.15) is 0 Å². The summed E-state index contributed by atoms with van der Waals surface area (Å²) >= 11 is 37.1. The fourth-order valence-electron chi connectivity index (χ4n) is 2.43. The SMILES string of the molecule is N#Cc1cc(-c2c(Cl)cc(Cl)cc2Cl)nc(-c2c(Cl)cc(Cl)cc2Cl)c1. The van der Waals surface area contributed by atoms with Crippen LogP contribution in [0.5, 0.6) is 0 Å². The molecule has 0 saturated carbocycles. The Morgan fingerprint density at radius 3 is 1.27 bits per heavy atom. The summed E-state index contributed by atoms with van der Waals surface area (Å²) in [5.41, 5.74) is 2.05. The van der Waals surface area contributed by atoms with Crippen LogP contribution in [0.2, 0.25) is 30.1 Å². The first-order valence-electron chi connectivity index (χ1n) is 7.02. The first-order chi connectivity index (χ1) is 12.3. The molecule has 0 amide bonds. The smallest absolute Gasteiger partial charge is 0.0993 e. The quantitative estimate of drug-likeness (QED) is 0.384. The summed E-state index contributed by atoms with van der Waals surface area (Å²) in [6.45, 7) is 0. The molecule has 0 fully saturated rings. The van der Waals surface area contributed by atoms with Crippen molar-refractivity contribution in [1.29, 1.82) is 5.26 Å². The van der Waals surface area contributed by atoms with Gasteiger partial charge >= 0.3 is 0 Å². The van der Waals surface area contributed by atoms with Crippen LogP contribution in [0.3, 0.4) is 0 Å². The van der Waals surface area contributed by atoms with Crippen molar-refractivity contribution in [2.45, 2.75) is 0 Å². The molecule has 1 aromatic heterocycles. The first kappa shape index (κ1) is 19.6. The molecule has 0 aliphatic rings. The van der Waals surface area contributed by atoms with Crippen LogP contribution in [0.25, 0.3) is 22.5 Å². The number of pyridine rings is 1. The largest absolute Gasteiger partial charge is 0.247 e. The van der Waals surface area contributed by atoms with E-state index < -0.39 is 0 Å². The fourth-order valence-corrected chi connectivity index (χ4v) is 4.45. The maximum Gasteiger partial charge on any atom is 0.0993 e. The molecule has 130 valence electrons. The van der Waals surface area contributed by atoms with Gasteiger partial charge in [0.05, 0.1) is 43.1 Å². The second kappa shape index (κ2) is 7.82. The summed E-state index contributed by atoms with van der Waals surface area (Å²) in [7, 11) is 0. The third-order valence-corrected chi connectivity index (χ3v) is 5.11. The number of halogens is 6. The lowest BCUT2D eigenvalue weighted by molar-refractivity contribution is 1.31. The van der Waals surface area contributed by atoms with Gasteiger partial charge in [0.2, 0.25) is 0 Å². The Labute approximate surface area is 179 Å². The second-order valence-corrected chi connectivity index (χ2v) is 7.73. The van der Waals surface area contributed by atoms with Crippen molar-refractivity contribution in [3.8, 4) is 28.6 Å². The number of hydrogen-bond acceptors (Lipinski definition) is 2. The number of benzene rings is 2. The van der Waals surface area contributed by atoms with Crippen molar-refractivity contribution in [2.24, 2.45) is 0 Å². The van der Waals surface area contributed by atoms with E-state index in [0.717, 1.165) is 0 Å². The molecule has 0 aliphatic carbocycles. The summed E-state index contributed by atoms with van der Waals surface area (Å²) in [5, 5.41) is 11.4. The summed E-state index contributed by atoms with van der Waals surface area (Å²) in [6.07, 6.45) is 0. The van der Waals surface area contributed by atoms with Gasteiger partial charge < -0.3 is 0 Å². The highest BCUT2D eigenvalue weighted by Crippen LogP contribution is 2.40. The van der Waals surface area contributed by atoms with Crippen LogP contribution in [-0.2, 0) is 0 Å². The lowest BCUT2D eigenvalue weighted by Gasteiger charge is -2.12. The van der Waals surface area contributed by atoms with Crippen LogP contribution < -0.4 is 0 Å². The van der Waals surface area contributed by atoms with E-state index in [9.17, 15) is 5.26 Å². The minimum absolute atomic E-state index is 0.310. The number of rotatable bonds is 2. The van der Waals surface area contributed by atoms with Gasteiger partial charge in [-0.3, -0.25) is 0 Å². The van der Waals surface area contributed by atoms with Gasteiger partial charge in [-0.15, -0.1) is 0 Å². The average molecular weight is 463 g/mol. The van der Waals surface area contributed by atoms with Gasteiger partial charge in [0.25, 0.3) is 0 Å². The molecule has 2 nitrogen and oxygen atoms in total. The molecule has 0 atom stereocenters. The van der Waals surface area contributed by atoms with Crippen molar-refractivity contribution in [1.82, 2.24) is 4.98 Å². The highest BCUT2D eigenvalue weighted by molar-refractivity contribution is 6.42. The minimum Gasteiger partial charge on any atom is -0.247 e. The summed E-state index contributed by atoms with van der Waals surface area (Å²) in [5.74, 6) is 0. The Morgan fingerprint density at radius 2 is 0.962 bits per heavy atom. The highest BCUT2D eigenvalue weighted by atomic mass is 35.5. The maximum atomic E-state index is 9.39. The Morgan fingerprint density at radius 1 is 0.615 bits per heavy atom. The van der Waals surface area contributed by atoms with E-state index in [2.05, 4.69) is 11.1 Å². The summed E-state index contributed by atoms with van der Waals surface area (Å²) < 4.78 is 0. The monoisotopic (exact) mass is 460 g/mol. The minimum atomic E-state index is 0.310. The Hall–Kier alpha value is -1.18. The molecule has 2 aromatic carbocycles. The second-order valence-electron chi connectivity index (χ2n) is 5.23. The lowest BCUT2D eigenvalue weighted by Crippen LogP contribution is -1.94. The zero-order chi connectivity index (χ0) is 19.0. The molecule has 3 rings (SSSR count). The van der Waals surface area contributed by atoms with Crippen LogP contribution in [0.15, 0.2) is 36.4 Å². The van der Waals surface area contributed by atoms with Crippen LogP contribution in [-0.4, -0.2) is 4.98 Å². The molecular formula is C18H6Cl6N2. The zero-order valence-electron chi connectivity index (χ0n) is 12.6. The maximum absolute atomic E-state index is 9.39. The van der Waals surface area contributed by atoms with Crippen LogP contribution in [0.1, 0.15) is 5.56 Å². The average Bonchev–Trinajstić information content (AvgIpc) is 2.52. The van der Waals surface area contributed by atoms with E-state index >= 15 is 0 Å². The van der Waals surface area contributed by atoms with E-state index in [1.165, 1.54) is 0 Å². The molecule has 0 unspecified atom stereocenters. The summed E-state index contributed by atoms with van der Waals surface area (Å²) in [6, 6.07) is 11.4. The van der Waals surface area contributed by atoms with E-state index in [1.807, 2.05) is 0 Å². The first-order valence-corrected chi connectivity index (χ1v) is 9.29. The predicted molar refractivity (Wildman–Crippen MR) is 110 cm³/mol. The van der Waals surface area contributed by atoms with Crippen LogP contribution in [0, 0.1) is 11.3 Å². The van der Waals surface area contributed by atoms with Gasteiger partial charge in [-0.1, -0.05) is 69.6 Å². The van der Waals surface area contributed by atoms with E-state index in [1.54, 1.807) is 36.4 Å². The van der Waals surface area contributed by atoms with E-state index in [0.29, 0.717) is 58.2 Å².